The third-order valence-corrected chi connectivity index (χ3v) is 5.67. The summed E-state index contributed by atoms with van der Waals surface area (Å²) in [6.07, 6.45) is 1.41. The number of ether oxygens (including phenoxy) is 1. The first-order valence-corrected chi connectivity index (χ1v) is 9.79. The van der Waals surface area contributed by atoms with Crippen molar-refractivity contribution in [3.63, 3.8) is 0 Å². The fourth-order valence-electron chi connectivity index (χ4n) is 2.93. The van der Waals surface area contributed by atoms with Crippen molar-refractivity contribution in [1.82, 2.24) is 4.48 Å². The van der Waals surface area contributed by atoms with Crippen molar-refractivity contribution < 1.29 is 19.1 Å². The molecule has 1 amide bonds. The lowest BCUT2D eigenvalue weighted by Gasteiger charge is -2.45. The SMILES string of the molecule is CCCC(=O)[N+](C)(C)c1ccc(OCC(C)(O)C[N+](C)(C)C(C)(C)C)cc1. The first kappa shape index (κ1) is 23.6. The summed E-state index contributed by atoms with van der Waals surface area (Å²) in [7, 11) is 8.06. The Morgan fingerprint density at radius 1 is 1.04 bits per heavy atom. The van der Waals surface area contributed by atoms with E-state index in [1.807, 2.05) is 52.2 Å². The molecule has 5 heteroatoms. The van der Waals surface area contributed by atoms with E-state index in [4.69, 9.17) is 4.74 Å². The summed E-state index contributed by atoms with van der Waals surface area (Å²) in [6, 6.07) is 7.59. The van der Waals surface area contributed by atoms with Crippen LogP contribution in [0.25, 0.3) is 0 Å². The van der Waals surface area contributed by atoms with Crippen LogP contribution in [0.3, 0.4) is 0 Å². The summed E-state index contributed by atoms with van der Waals surface area (Å²) >= 11 is 0. The van der Waals surface area contributed by atoms with Gasteiger partial charge in [0.25, 0.3) is 0 Å². The molecule has 0 aromatic heterocycles. The first-order valence-electron chi connectivity index (χ1n) is 9.79. The Bertz CT molecular complexity index is 626. The van der Waals surface area contributed by atoms with Crippen LogP contribution < -0.4 is 9.22 Å². The van der Waals surface area contributed by atoms with Crippen molar-refractivity contribution in [3.05, 3.63) is 24.3 Å². The van der Waals surface area contributed by atoms with Gasteiger partial charge >= 0.3 is 5.91 Å². The van der Waals surface area contributed by atoms with E-state index in [9.17, 15) is 9.90 Å². The molecule has 154 valence electrons. The van der Waals surface area contributed by atoms with Gasteiger partial charge in [-0.05, 0) is 46.2 Å². The van der Waals surface area contributed by atoms with Crippen LogP contribution >= 0.6 is 0 Å². The van der Waals surface area contributed by atoms with Crippen LogP contribution in [0.2, 0.25) is 0 Å². The highest BCUT2D eigenvalue weighted by Gasteiger charge is 2.39. The van der Waals surface area contributed by atoms with E-state index < -0.39 is 5.60 Å². The summed E-state index contributed by atoms with van der Waals surface area (Å²) in [6.45, 7) is 11.1. The van der Waals surface area contributed by atoms with Gasteiger partial charge in [-0.3, -0.25) is 0 Å². The average Bonchev–Trinajstić information content (AvgIpc) is 2.51. The highest BCUT2D eigenvalue weighted by atomic mass is 16.5. The number of rotatable bonds is 8. The van der Waals surface area contributed by atoms with Crippen molar-refractivity contribution in [1.29, 1.82) is 0 Å². The molecule has 0 aliphatic heterocycles. The van der Waals surface area contributed by atoms with Crippen LogP contribution in [0, 0.1) is 0 Å². The zero-order valence-electron chi connectivity index (χ0n) is 18.8. The second-order valence-corrected chi connectivity index (χ2v) is 9.89. The van der Waals surface area contributed by atoms with Gasteiger partial charge < -0.3 is 14.3 Å². The van der Waals surface area contributed by atoms with Crippen LogP contribution in [-0.4, -0.2) is 68.0 Å². The lowest BCUT2D eigenvalue weighted by Crippen LogP contribution is -2.61. The van der Waals surface area contributed by atoms with Crippen LogP contribution in [0.5, 0.6) is 5.75 Å². The monoisotopic (exact) mass is 380 g/mol. The topological polar surface area (TPSA) is 46.5 Å². The number of carbonyl (C=O) groups excluding carboxylic acids is 1. The van der Waals surface area contributed by atoms with Gasteiger partial charge in [-0.15, -0.1) is 0 Å². The molecule has 1 atom stereocenters. The maximum Gasteiger partial charge on any atom is 0.318 e. The molecule has 0 spiro atoms. The Balaban J connectivity index is 2.77. The Morgan fingerprint density at radius 3 is 2.00 bits per heavy atom. The van der Waals surface area contributed by atoms with Gasteiger partial charge in [0.05, 0.1) is 40.2 Å². The van der Waals surface area contributed by atoms with Gasteiger partial charge in [0, 0.05) is 12.1 Å². The van der Waals surface area contributed by atoms with E-state index in [-0.39, 0.29) is 22.5 Å². The summed E-state index contributed by atoms with van der Waals surface area (Å²) in [5, 5.41) is 10.8. The zero-order valence-corrected chi connectivity index (χ0v) is 18.8. The Labute approximate surface area is 165 Å². The fraction of sp³-hybridized carbons (Fsp3) is 0.682. The molecule has 1 unspecified atom stereocenters. The van der Waals surface area contributed by atoms with Crippen LogP contribution in [0.1, 0.15) is 47.5 Å². The Kier molecular flexibility index (Phi) is 7.25. The van der Waals surface area contributed by atoms with Crippen molar-refractivity contribution >= 4 is 11.6 Å². The summed E-state index contributed by atoms with van der Waals surface area (Å²) in [4.78, 5) is 12.3. The number of hydrogen-bond acceptors (Lipinski definition) is 3. The van der Waals surface area contributed by atoms with Crippen LogP contribution in [0.15, 0.2) is 24.3 Å². The van der Waals surface area contributed by atoms with E-state index in [2.05, 4.69) is 34.9 Å². The number of likely N-dealkylation sites (N-methyl/N-ethyl adjacent to an activating group) is 1. The summed E-state index contributed by atoms with van der Waals surface area (Å²) < 4.78 is 6.77. The molecular weight excluding hydrogens is 340 g/mol. The van der Waals surface area contributed by atoms with Crippen molar-refractivity contribution in [2.75, 3.05) is 41.3 Å². The molecular formula is C22H40N2O3+2. The molecule has 0 aliphatic rings. The van der Waals surface area contributed by atoms with Gasteiger partial charge in [-0.1, -0.05) is 6.92 Å². The second kappa shape index (κ2) is 8.29. The third-order valence-electron chi connectivity index (χ3n) is 5.67. The van der Waals surface area contributed by atoms with Crippen molar-refractivity contribution in [2.24, 2.45) is 0 Å². The summed E-state index contributed by atoms with van der Waals surface area (Å²) in [5.41, 5.74) is 0.0141. The van der Waals surface area contributed by atoms with Gasteiger partial charge in [0.2, 0.25) is 0 Å². The minimum absolute atomic E-state index is 0.0279. The lowest BCUT2D eigenvalue weighted by atomic mass is 9.98. The number of hydrogen-bond donors (Lipinski definition) is 1. The van der Waals surface area contributed by atoms with Crippen molar-refractivity contribution in [2.45, 2.75) is 58.6 Å². The van der Waals surface area contributed by atoms with E-state index in [1.54, 1.807) is 0 Å². The van der Waals surface area contributed by atoms with Crippen molar-refractivity contribution in [3.8, 4) is 5.75 Å². The molecule has 0 heterocycles. The maximum atomic E-state index is 12.3. The number of aliphatic hydroxyl groups is 1. The number of carbonyl (C=O) groups is 1. The minimum Gasteiger partial charge on any atom is -0.490 e. The Hall–Kier alpha value is -1.43. The van der Waals surface area contributed by atoms with Gasteiger partial charge in [-0.25, -0.2) is 9.28 Å². The Morgan fingerprint density at radius 2 is 1.56 bits per heavy atom. The minimum atomic E-state index is -0.943. The summed E-state index contributed by atoms with van der Waals surface area (Å²) in [5.74, 6) is 0.888. The first-order chi connectivity index (χ1) is 12.1. The highest BCUT2D eigenvalue weighted by molar-refractivity contribution is 5.87. The van der Waals surface area contributed by atoms with Crippen LogP contribution in [0.4, 0.5) is 5.69 Å². The molecule has 27 heavy (non-hydrogen) atoms. The average molecular weight is 381 g/mol. The molecule has 0 bridgehead atoms. The molecule has 1 rings (SSSR count). The van der Waals surface area contributed by atoms with E-state index in [0.29, 0.717) is 23.2 Å². The smallest absolute Gasteiger partial charge is 0.318 e. The lowest BCUT2D eigenvalue weighted by molar-refractivity contribution is -0.941. The normalized spacial score (nSPS) is 15.3. The van der Waals surface area contributed by atoms with Gasteiger partial charge in [0.1, 0.15) is 30.2 Å². The molecule has 1 aromatic rings. The number of amides is 1. The molecule has 0 fully saturated rings. The van der Waals surface area contributed by atoms with E-state index in [0.717, 1.165) is 12.1 Å². The third kappa shape index (κ3) is 6.30. The van der Waals surface area contributed by atoms with Gasteiger partial charge in [-0.2, -0.15) is 0 Å². The maximum absolute atomic E-state index is 12.3. The number of benzene rings is 1. The van der Waals surface area contributed by atoms with Crippen LogP contribution in [-0.2, 0) is 4.79 Å². The predicted octanol–water partition coefficient (Wildman–Crippen LogP) is 3.58. The molecule has 0 saturated carbocycles. The van der Waals surface area contributed by atoms with E-state index >= 15 is 0 Å². The van der Waals surface area contributed by atoms with E-state index in [1.165, 1.54) is 0 Å². The standard InChI is InChI=1S/C22H40N2O3/c1-10-11-20(25)24(8,9)18-12-14-19(15-13-18)27-17-22(5,26)16-23(6,7)21(2,3)4/h12-15,26H,10-11,16-17H2,1-9H3/q+2. The quantitative estimate of drug-likeness (QED) is 0.701. The molecule has 1 aromatic carbocycles. The predicted molar refractivity (Wildman–Crippen MR) is 113 cm³/mol. The molecule has 0 aliphatic carbocycles. The number of nitrogens with zero attached hydrogens (tertiary/aromatic N) is 2. The molecule has 5 nitrogen and oxygen atoms in total. The molecule has 1 N–H and O–H groups in total. The number of quaternary nitrogens is 2. The highest BCUT2D eigenvalue weighted by Crippen LogP contribution is 2.26. The molecule has 0 radical (unpaired) electrons. The fourth-order valence-corrected chi connectivity index (χ4v) is 2.93. The molecule has 0 saturated heterocycles. The zero-order chi connectivity index (χ0) is 21.1. The van der Waals surface area contributed by atoms with Gasteiger partial charge in [0.15, 0.2) is 0 Å². The largest absolute Gasteiger partial charge is 0.490 e. The second-order valence-electron chi connectivity index (χ2n) is 9.89.